The van der Waals surface area contributed by atoms with Gasteiger partial charge in [-0.2, -0.15) is 0 Å². The largest absolute Gasteiger partial charge is 0.461 e. The lowest BCUT2D eigenvalue weighted by atomic mass is 10.2. The van der Waals surface area contributed by atoms with E-state index >= 15 is 0 Å². The van der Waals surface area contributed by atoms with Crippen LogP contribution in [-0.2, 0) is 27.5 Å². The minimum absolute atomic E-state index is 0.0258. The van der Waals surface area contributed by atoms with Crippen LogP contribution in [0.3, 0.4) is 0 Å². The maximum Gasteiger partial charge on any atom is 0.306 e. The first kappa shape index (κ1) is 24.1. The van der Waals surface area contributed by atoms with Gasteiger partial charge < -0.3 is 10.1 Å². The highest BCUT2D eigenvalue weighted by Crippen LogP contribution is 2.42. The number of carbonyl (C=O) groups excluding carboxylic acids is 2. The van der Waals surface area contributed by atoms with E-state index in [1.54, 1.807) is 0 Å². The zero-order valence-corrected chi connectivity index (χ0v) is 21.1. The van der Waals surface area contributed by atoms with Crippen LogP contribution in [0.5, 0.6) is 0 Å². The second-order valence-electron chi connectivity index (χ2n) is 9.98. The number of rotatable bonds is 9. The SMILES string of the molecule is C[Si](C)(C)C(C(=O)NCc1ccccc1)C(C(=O)OCc1ccccc1)[Si](C)(C)C. The first-order valence-corrected chi connectivity index (χ1v) is 17.7. The minimum Gasteiger partial charge on any atom is -0.461 e. The lowest BCUT2D eigenvalue weighted by molar-refractivity contribution is -0.146. The van der Waals surface area contributed by atoms with Gasteiger partial charge in [0, 0.05) is 12.1 Å². The van der Waals surface area contributed by atoms with Gasteiger partial charge in [0.15, 0.2) is 0 Å². The van der Waals surface area contributed by atoms with Crippen molar-refractivity contribution in [1.82, 2.24) is 5.32 Å². The summed E-state index contributed by atoms with van der Waals surface area (Å²) in [5, 5.41) is 3.10. The van der Waals surface area contributed by atoms with Gasteiger partial charge in [-0.05, 0) is 11.1 Å². The molecule has 6 heteroatoms. The van der Waals surface area contributed by atoms with E-state index in [9.17, 15) is 9.59 Å². The van der Waals surface area contributed by atoms with E-state index in [2.05, 4.69) is 44.6 Å². The Kier molecular flexibility index (Phi) is 8.20. The average molecular weight is 442 g/mol. The Labute approximate surface area is 183 Å². The highest BCUT2D eigenvalue weighted by Gasteiger charge is 2.49. The van der Waals surface area contributed by atoms with Crippen molar-refractivity contribution in [1.29, 1.82) is 0 Å². The van der Waals surface area contributed by atoms with Crippen molar-refractivity contribution in [3.63, 3.8) is 0 Å². The fourth-order valence-corrected chi connectivity index (χ4v) is 10.7. The zero-order valence-electron chi connectivity index (χ0n) is 19.1. The van der Waals surface area contributed by atoms with Crippen LogP contribution in [0.2, 0.25) is 50.4 Å². The van der Waals surface area contributed by atoms with E-state index in [-0.39, 0.29) is 29.6 Å². The molecule has 2 atom stereocenters. The van der Waals surface area contributed by atoms with E-state index in [1.165, 1.54) is 0 Å². The summed E-state index contributed by atoms with van der Waals surface area (Å²) in [6.45, 7) is 13.7. The van der Waals surface area contributed by atoms with Crippen LogP contribution in [0.15, 0.2) is 60.7 Å². The van der Waals surface area contributed by atoms with Crippen LogP contribution in [0, 0.1) is 0 Å². The molecule has 2 unspecified atom stereocenters. The Hall–Kier alpha value is -2.19. The number of nitrogens with one attached hydrogen (secondary N) is 1. The Bertz CT molecular complexity index is 756. The van der Waals surface area contributed by atoms with Crippen molar-refractivity contribution in [3.05, 3.63) is 71.8 Å². The van der Waals surface area contributed by atoms with Gasteiger partial charge in [0.25, 0.3) is 0 Å². The highest BCUT2D eigenvalue weighted by molar-refractivity contribution is 6.87. The normalized spacial score (nSPS) is 13.9. The molecule has 0 aromatic heterocycles. The van der Waals surface area contributed by atoms with Crippen molar-refractivity contribution < 1.29 is 14.3 Å². The molecule has 2 rings (SSSR count). The van der Waals surface area contributed by atoms with Crippen molar-refractivity contribution in [2.24, 2.45) is 0 Å². The Morgan fingerprint density at radius 2 is 1.23 bits per heavy atom. The number of hydrogen-bond donors (Lipinski definition) is 1. The summed E-state index contributed by atoms with van der Waals surface area (Å²) in [4.78, 5) is 26.7. The molecule has 0 aliphatic carbocycles. The maximum absolute atomic E-state index is 13.4. The minimum atomic E-state index is -2.03. The fraction of sp³-hybridized carbons (Fsp3) is 0.417. The molecule has 0 fully saturated rings. The van der Waals surface area contributed by atoms with Gasteiger partial charge in [-0.15, -0.1) is 0 Å². The van der Waals surface area contributed by atoms with Crippen LogP contribution < -0.4 is 5.32 Å². The third-order valence-corrected chi connectivity index (χ3v) is 10.5. The van der Waals surface area contributed by atoms with E-state index in [4.69, 9.17) is 4.74 Å². The molecule has 0 saturated heterocycles. The molecule has 162 valence electrons. The van der Waals surface area contributed by atoms with Gasteiger partial charge in [-0.1, -0.05) is 99.9 Å². The molecule has 2 aromatic rings. The summed E-state index contributed by atoms with van der Waals surface area (Å²) in [5.74, 6) is -0.262. The van der Waals surface area contributed by atoms with Gasteiger partial charge in [0.05, 0.1) is 21.7 Å². The van der Waals surface area contributed by atoms with Gasteiger partial charge in [0.2, 0.25) is 5.91 Å². The van der Waals surface area contributed by atoms with Crippen LogP contribution in [0.1, 0.15) is 11.1 Å². The average Bonchev–Trinajstić information content (AvgIpc) is 2.68. The molecule has 1 amide bonds. The highest BCUT2D eigenvalue weighted by atomic mass is 28.3. The van der Waals surface area contributed by atoms with Crippen LogP contribution in [0.25, 0.3) is 0 Å². The third kappa shape index (κ3) is 6.95. The Balaban J connectivity index is 2.22. The van der Waals surface area contributed by atoms with Crippen LogP contribution >= 0.6 is 0 Å². The van der Waals surface area contributed by atoms with E-state index in [1.807, 2.05) is 60.7 Å². The summed E-state index contributed by atoms with van der Waals surface area (Å²) in [6.07, 6.45) is 0. The molecular formula is C24H35NO3Si2. The topological polar surface area (TPSA) is 55.4 Å². The lowest BCUT2D eigenvalue weighted by Crippen LogP contribution is -2.50. The molecule has 0 spiro atoms. The van der Waals surface area contributed by atoms with Gasteiger partial charge in [-0.3, -0.25) is 9.59 Å². The van der Waals surface area contributed by atoms with Gasteiger partial charge >= 0.3 is 5.97 Å². The number of carbonyl (C=O) groups is 2. The van der Waals surface area contributed by atoms with E-state index in [0.29, 0.717) is 6.54 Å². The predicted molar refractivity (Wildman–Crippen MR) is 129 cm³/mol. The Morgan fingerprint density at radius 3 is 1.70 bits per heavy atom. The molecule has 30 heavy (non-hydrogen) atoms. The summed E-state index contributed by atoms with van der Waals surface area (Å²) in [6, 6.07) is 19.6. The predicted octanol–water partition coefficient (Wildman–Crippen LogP) is 5.46. The summed E-state index contributed by atoms with van der Waals surface area (Å²) in [7, 11) is -4.04. The van der Waals surface area contributed by atoms with E-state index in [0.717, 1.165) is 11.1 Å². The molecule has 2 aromatic carbocycles. The first-order valence-electron chi connectivity index (χ1n) is 10.5. The monoisotopic (exact) mass is 441 g/mol. The summed E-state index contributed by atoms with van der Waals surface area (Å²) in [5.41, 5.74) is 1.31. The number of hydrogen-bond acceptors (Lipinski definition) is 3. The number of amides is 1. The fourth-order valence-electron chi connectivity index (χ4n) is 3.75. The van der Waals surface area contributed by atoms with Crippen molar-refractivity contribution in [3.8, 4) is 0 Å². The second-order valence-corrected chi connectivity index (χ2v) is 20.7. The molecule has 1 N–H and O–H groups in total. The molecule has 0 heterocycles. The first-order chi connectivity index (χ1) is 14.0. The van der Waals surface area contributed by atoms with Gasteiger partial charge in [-0.25, -0.2) is 0 Å². The molecule has 4 nitrogen and oxygen atoms in total. The standard InChI is InChI=1S/C24H35NO3Si2/c1-29(2,3)21(23(26)25-17-19-13-9-7-10-14-19)22(30(4,5)6)24(27)28-18-20-15-11-8-12-16-20/h7-16,21-22H,17-18H2,1-6H3,(H,25,26). The van der Waals surface area contributed by atoms with E-state index < -0.39 is 16.1 Å². The molecule has 0 aliphatic heterocycles. The zero-order chi connectivity index (χ0) is 22.4. The van der Waals surface area contributed by atoms with Crippen molar-refractivity contribution >= 4 is 28.0 Å². The van der Waals surface area contributed by atoms with Gasteiger partial charge in [0.1, 0.15) is 6.61 Å². The van der Waals surface area contributed by atoms with Crippen molar-refractivity contribution in [2.75, 3.05) is 0 Å². The third-order valence-electron chi connectivity index (χ3n) is 5.27. The second kappa shape index (κ2) is 10.2. The summed E-state index contributed by atoms with van der Waals surface area (Å²) < 4.78 is 5.74. The summed E-state index contributed by atoms with van der Waals surface area (Å²) >= 11 is 0. The number of esters is 1. The number of ether oxygens (including phenoxy) is 1. The van der Waals surface area contributed by atoms with Crippen LogP contribution in [-0.4, -0.2) is 28.0 Å². The molecule has 0 aliphatic rings. The molecule has 0 radical (unpaired) electrons. The molecular weight excluding hydrogens is 406 g/mol. The maximum atomic E-state index is 13.4. The van der Waals surface area contributed by atoms with Crippen molar-refractivity contribution in [2.45, 2.75) is 63.5 Å². The smallest absolute Gasteiger partial charge is 0.306 e. The quantitative estimate of drug-likeness (QED) is 0.415. The molecule has 0 bridgehead atoms. The van der Waals surface area contributed by atoms with Crippen LogP contribution in [0.4, 0.5) is 0 Å². The lowest BCUT2D eigenvalue weighted by Gasteiger charge is -2.39. The Morgan fingerprint density at radius 1 is 0.767 bits per heavy atom. The number of benzene rings is 2. The molecule has 0 saturated carbocycles.